The van der Waals surface area contributed by atoms with E-state index in [1.807, 2.05) is 30.3 Å². The molecule has 2 aromatic rings. The highest BCUT2D eigenvalue weighted by molar-refractivity contribution is 6.14. The molecule has 0 radical (unpaired) electrons. The summed E-state index contributed by atoms with van der Waals surface area (Å²) in [4.78, 5) is 21.7. The third-order valence-electron chi connectivity index (χ3n) is 2.63. The first-order valence-corrected chi connectivity index (χ1v) is 5.82. The van der Waals surface area contributed by atoms with E-state index >= 15 is 0 Å². The van der Waals surface area contributed by atoms with Crippen molar-refractivity contribution in [1.29, 1.82) is 0 Å². The van der Waals surface area contributed by atoms with Crippen LogP contribution in [0.1, 0.15) is 26.3 Å². The number of carbonyl (C=O) groups excluding carboxylic acids is 2. The highest BCUT2D eigenvalue weighted by atomic mass is 16.6. The molecule has 0 spiro atoms. The van der Waals surface area contributed by atoms with Crippen molar-refractivity contribution >= 4 is 11.9 Å². The summed E-state index contributed by atoms with van der Waals surface area (Å²) in [5, 5.41) is 0. The molecule has 2 aromatic carbocycles. The maximum absolute atomic E-state index is 10.8. The van der Waals surface area contributed by atoms with Gasteiger partial charge in [0, 0.05) is 6.54 Å². The molecule has 1 aliphatic heterocycles. The summed E-state index contributed by atoms with van der Waals surface area (Å²) in [7, 11) is 0. The average molecular weight is 272 g/mol. The molecule has 5 heteroatoms. The van der Waals surface area contributed by atoms with Crippen molar-refractivity contribution < 1.29 is 14.3 Å². The van der Waals surface area contributed by atoms with E-state index in [4.69, 9.17) is 5.73 Å². The first-order chi connectivity index (χ1) is 9.22. The Morgan fingerprint density at radius 2 is 1.25 bits per heavy atom. The fourth-order valence-corrected chi connectivity index (χ4v) is 1.65. The highest BCUT2D eigenvalue weighted by Gasteiger charge is 2.28. The number of nitrogens with two attached hydrogens (primary N) is 1. The Kier molecular flexibility index (Phi) is 5.58. The summed E-state index contributed by atoms with van der Waals surface area (Å²) in [6.45, 7) is 0.640. The zero-order valence-corrected chi connectivity index (χ0v) is 10.9. The van der Waals surface area contributed by atoms with Gasteiger partial charge in [0.1, 0.15) is 0 Å². The summed E-state index contributed by atoms with van der Waals surface area (Å²) < 4.78 is 4.35. The smallest absolute Gasteiger partial charge is 0.346 e. The number of ether oxygens (including phenoxy) is 1. The summed E-state index contributed by atoms with van der Waals surface area (Å²) in [6.07, 6.45) is 0. The number of cyclic esters (lactones) is 2. The Balaban J connectivity index is 0.000000200. The van der Waals surface area contributed by atoms with Gasteiger partial charge < -0.3 is 16.6 Å². The van der Waals surface area contributed by atoms with Crippen LogP contribution in [0.15, 0.2) is 54.6 Å². The van der Waals surface area contributed by atoms with E-state index in [1.165, 1.54) is 5.56 Å². The number of benzene rings is 2. The Labute approximate surface area is 116 Å². The summed E-state index contributed by atoms with van der Waals surface area (Å²) >= 11 is 0. The van der Waals surface area contributed by atoms with Crippen molar-refractivity contribution in [2.75, 3.05) is 0 Å². The van der Waals surface area contributed by atoms with Gasteiger partial charge in [-0.2, -0.15) is 0 Å². The molecule has 0 fully saturated rings. The third kappa shape index (κ3) is 3.50. The van der Waals surface area contributed by atoms with Gasteiger partial charge in [0.15, 0.2) is 0 Å². The second-order valence-electron chi connectivity index (χ2n) is 3.91. The topological polar surface area (TPSA) is 104 Å². The van der Waals surface area contributed by atoms with Crippen molar-refractivity contribution in [1.82, 2.24) is 6.15 Å². The lowest BCUT2D eigenvalue weighted by molar-refractivity contribution is 0.0444. The molecule has 104 valence electrons. The summed E-state index contributed by atoms with van der Waals surface area (Å²) in [5.74, 6) is -1.10. The molecule has 0 aliphatic carbocycles. The predicted octanol–water partition coefficient (Wildman–Crippen LogP) is 2.30. The molecule has 5 N–H and O–H groups in total. The molecule has 5 nitrogen and oxygen atoms in total. The zero-order valence-electron chi connectivity index (χ0n) is 10.9. The average Bonchev–Trinajstić information content (AvgIpc) is 2.76. The highest BCUT2D eigenvalue weighted by Crippen LogP contribution is 2.18. The van der Waals surface area contributed by atoms with Crippen molar-refractivity contribution in [3.05, 3.63) is 71.3 Å². The van der Waals surface area contributed by atoms with E-state index in [2.05, 4.69) is 4.74 Å². The first kappa shape index (κ1) is 15.6. The predicted molar refractivity (Wildman–Crippen MR) is 75.5 cm³/mol. The van der Waals surface area contributed by atoms with Crippen molar-refractivity contribution in [2.24, 2.45) is 5.73 Å². The number of fused-ring (bicyclic) bond motifs is 1. The third-order valence-corrected chi connectivity index (χ3v) is 2.63. The van der Waals surface area contributed by atoms with Crippen LogP contribution < -0.4 is 11.9 Å². The molecular formula is C15H16N2O3. The van der Waals surface area contributed by atoms with Gasteiger partial charge in [-0.1, -0.05) is 42.5 Å². The van der Waals surface area contributed by atoms with E-state index in [0.717, 1.165) is 0 Å². The SMILES string of the molecule is N.NCc1ccccc1.O=C1OC(=O)c2ccccc21. The van der Waals surface area contributed by atoms with E-state index < -0.39 is 11.9 Å². The lowest BCUT2D eigenvalue weighted by Gasteiger charge is -1.90. The largest absolute Gasteiger partial charge is 0.386 e. The van der Waals surface area contributed by atoms with Crippen molar-refractivity contribution in [3.63, 3.8) is 0 Å². The van der Waals surface area contributed by atoms with Crippen molar-refractivity contribution in [3.8, 4) is 0 Å². The lowest BCUT2D eigenvalue weighted by Crippen LogP contribution is -1.96. The van der Waals surface area contributed by atoms with E-state index in [1.54, 1.807) is 24.3 Å². The van der Waals surface area contributed by atoms with Gasteiger partial charge in [-0.15, -0.1) is 0 Å². The molecule has 1 heterocycles. The summed E-state index contributed by atoms with van der Waals surface area (Å²) in [5.41, 5.74) is 7.25. The van der Waals surface area contributed by atoms with E-state index in [0.29, 0.717) is 17.7 Å². The van der Waals surface area contributed by atoms with Crippen molar-refractivity contribution in [2.45, 2.75) is 6.54 Å². The van der Waals surface area contributed by atoms with Gasteiger partial charge in [-0.3, -0.25) is 0 Å². The Hall–Kier alpha value is -2.50. The normalized spacial score (nSPS) is 11.7. The Morgan fingerprint density at radius 1 is 0.800 bits per heavy atom. The Morgan fingerprint density at radius 3 is 1.65 bits per heavy atom. The molecular weight excluding hydrogens is 256 g/mol. The standard InChI is InChI=1S/C8H4O3.C7H9N.H3N/c9-7-5-3-1-2-4-6(5)8(10)11-7;8-6-7-4-2-1-3-5-7;/h1-4H;1-5H,6,8H2;1H3. The maximum Gasteiger partial charge on any atom is 0.346 e. The molecule has 0 unspecified atom stereocenters. The number of rotatable bonds is 1. The molecule has 0 aromatic heterocycles. The lowest BCUT2D eigenvalue weighted by atomic mass is 10.1. The quantitative estimate of drug-likeness (QED) is 0.612. The number of hydrogen-bond acceptors (Lipinski definition) is 5. The number of carbonyl (C=O) groups is 2. The zero-order chi connectivity index (χ0) is 13.7. The van der Waals surface area contributed by atoms with Crippen LogP contribution in [0.2, 0.25) is 0 Å². The maximum atomic E-state index is 10.8. The van der Waals surface area contributed by atoms with Gasteiger partial charge in [0.05, 0.1) is 11.1 Å². The second-order valence-corrected chi connectivity index (χ2v) is 3.91. The van der Waals surface area contributed by atoms with Crippen LogP contribution >= 0.6 is 0 Å². The number of hydrogen-bond donors (Lipinski definition) is 2. The van der Waals surface area contributed by atoms with E-state index in [-0.39, 0.29) is 6.15 Å². The van der Waals surface area contributed by atoms with Crippen LogP contribution in [0, 0.1) is 0 Å². The molecule has 3 rings (SSSR count). The van der Waals surface area contributed by atoms with Crippen LogP contribution in [-0.4, -0.2) is 11.9 Å². The molecule has 0 atom stereocenters. The molecule has 20 heavy (non-hydrogen) atoms. The fraction of sp³-hybridized carbons (Fsp3) is 0.0667. The first-order valence-electron chi connectivity index (χ1n) is 5.82. The van der Waals surface area contributed by atoms with E-state index in [9.17, 15) is 9.59 Å². The number of esters is 2. The van der Waals surface area contributed by atoms with Gasteiger partial charge in [0.25, 0.3) is 0 Å². The van der Waals surface area contributed by atoms with Crippen LogP contribution in [-0.2, 0) is 11.3 Å². The molecule has 1 aliphatic rings. The fourth-order valence-electron chi connectivity index (χ4n) is 1.65. The van der Waals surface area contributed by atoms with Crippen LogP contribution in [0.3, 0.4) is 0 Å². The molecule has 0 saturated carbocycles. The Bertz CT molecular complexity index is 564. The molecule has 0 bridgehead atoms. The van der Waals surface area contributed by atoms with Gasteiger partial charge >= 0.3 is 11.9 Å². The second kappa shape index (κ2) is 7.18. The van der Waals surface area contributed by atoms with Crippen LogP contribution in [0.4, 0.5) is 0 Å². The monoisotopic (exact) mass is 272 g/mol. The molecule has 0 saturated heterocycles. The van der Waals surface area contributed by atoms with Gasteiger partial charge in [-0.05, 0) is 17.7 Å². The van der Waals surface area contributed by atoms with Gasteiger partial charge in [0.2, 0.25) is 0 Å². The minimum atomic E-state index is -0.550. The summed E-state index contributed by atoms with van der Waals surface area (Å²) in [6, 6.07) is 16.5. The van der Waals surface area contributed by atoms with Crippen LogP contribution in [0.5, 0.6) is 0 Å². The van der Waals surface area contributed by atoms with Gasteiger partial charge in [-0.25, -0.2) is 9.59 Å². The minimum Gasteiger partial charge on any atom is -0.386 e. The van der Waals surface area contributed by atoms with Crippen LogP contribution in [0.25, 0.3) is 0 Å². The molecule has 0 amide bonds. The minimum absolute atomic E-state index is 0.